The molecule has 3 rings (SSSR count). The molecule has 3 aromatic rings. The highest BCUT2D eigenvalue weighted by molar-refractivity contribution is 5.94. The molecule has 0 atom stereocenters. The molecule has 1 amide bonds. The fourth-order valence-corrected chi connectivity index (χ4v) is 2.79. The number of nitrogens with zero attached hydrogens (tertiary/aromatic N) is 3. The SMILES string of the molecule is CCn1nccc1CN(C)C(=O)c1ccc(COc2ccc(C(C)=O)cc2)o1. The van der Waals surface area contributed by atoms with Gasteiger partial charge >= 0.3 is 0 Å². The van der Waals surface area contributed by atoms with Gasteiger partial charge in [-0.2, -0.15) is 5.10 Å². The number of aryl methyl sites for hydroxylation is 1. The lowest BCUT2D eigenvalue weighted by Gasteiger charge is -2.16. The Hall–Kier alpha value is -3.35. The first kappa shape index (κ1) is 19.4. The number of aromatic nitrogens is 2. The average Bonchev–Trinajstić information content (AvgIpc) is 3.35. The predicted octanol–water partition coefficient (Wildman–Crippen LogP) is 3.55. The summed E-state index contributed by atoms with van der Waals surface area (Å²) in [5, 5.41) is 4.21. The Morgan fingerprint density at radius 2 is 1.89 bits per heavy atom. The third-order valence-electron chi connectivity index (χ3n) is 4.36. The van der Waals surface area contributed by atoms with Crippen LogP contribution in [0.4, 0.5) is 0 Å². The Morgan fingerprint density at radius 1 is 1.14 bits per heavy atom. The van der Waals surface area contributed by atoms with Gasteiger partial charge in [-0.25, -0.2) is 0 Å². The van der Waals surface area contributed by atoms with Crippen molar-refractivity contribution in [1.82, 2.24) is 14.7 Å². The summed E-state index contributed by atoms with van der Waals surface area (Å²) in [7, 11) is 1.73. The van der Waals surface area contributed by atoms with Crippen LogP contribution in [-0.4, -0.2) is 33.4 Å². The van der Waals surface area contributed by atoms with Crippen molar-refractivity contribution in [2.75, 3.05) is 7.05 Å². The Labute approximate surface area is 163 Å². The minimum Gasteiger partial charge on any atom is -0.486 e. The molecule has 0 fully saturated rings. The van der Waals surface area contributed by atoms with Gasteiger partial charge < -0.3 is 14.1 Å². The third kappa shape index (κ3) is 4.49. The number of hydrogen-bond donors (Lipinski definition) is 0. The van der Waals surface area contributed by atoms with Gasteiger partial charge in [-0.1, -0.05) is 0 Å². The molecular formula is C21H23N3O4. The molecule has 28 heavy (non-hydrogen) atoms. The molecule has 0 aliphatic carbocycles. The Kier molecular flexibility index (Phi) is 5.93. The monoisotopic (exact) mass is 381 g/mol. The molecule has 0 aliphatic rings. The van der Waals surface area contributed by atoms with Crippen LogP contribution in [0.2, 0.25) is 0 Å². The van der Waals surface area contributed by atoms with Crippen molar-refractivity contribution < 1.29 is 18.7 Å². The Balaban J connectivity index is 1.58. The van der Waals surface area contributed by atoms with Crippen LogP contribution in [0.3, 0.4) is 0 Å². The Bertz CT molecular complexity index is 956. The van der Waals surface area contributed by atoms with Crippen molar-refractivity contribution in [3.8, 4) is 5.75 Å². The number of ether oxygens (including phenoxy) is 1. The first-order valence-electron chi connectivity index (χ1n) is 9.06. The maximum atomic E-state index is 12.6. The maximum absolute atomic E-state index is 12.6. The fraction of sp³-hybridized carbons (Fsp3) is 0.286. The van der Waals surface area contributed by atoms with E-state index in [4.69, 9.17) is 9.15 Å². The van der Waals surface area contributed by atoms with Gasteiger partial charge in [0.1, 0.15) is 18.1 Å². The van der Waals surface area contributed by atoms with Crippen molar-refractivity contribution >= 4 is 11.7 Å². The van der Waals surface area contributed by atoms with Gasteiger partial charge in [-0.05, 0) is 56.3 Å². The van der Waals surface area contributed by atoms with Gasteiger partial charge in [-0.15, -0.1) is 0 Å². The summed E-state index contributed by atoms with van der Waals surface area (Å²) in [6.45, 7) is 4.91. The minimum atomic E-state index is -0.207. The maximum Gasteiger partial charge on any atom is 0.289 e. The van der Waals surface area contributed by atoms with Crippen LogP contribution in [0.25, 0.3) is 0 Å². The number of benzene rings is 1. The summed E-state index contributed by atoms with van der Waals surface area (Å²) in [5.74, 6) is 1.23. The molecule has 0 bridgehead atoms. The second kappa shape index (κ2) is 8.56. The van der Waals surface area contributed by atoms with Crippen molar-refractivity contribution in [3.05, 3.63) is 71.4 Å². The quantitative estimate of drug-likeness (QED) is 0.558. The number of ketones is 1. The second-order valence-corrected chi connectivity index (χ2v) is 6.43. The average molecular weight is 381 g/mol. The molecule has 0 radical (unpaired) electrons. The summed E-state index contributed by atoms with van der Waals surface area (Å²) in [4.78, 5) is 25.5. The van der Waals surface area contributed by atoms with Crippen LogP contribution in [0.1, 0.15) is 46.2 Å². The number of carbonyl (C=O) groups is 2. The minimum absolute atomic E-state index is 0.00634. The van der Waals surface area contributed by atoms with E-state index in [1.165, 1.54) is 6.92 Å². The molecule has 146 valence electrons. The van der Waals surface area contributed by atoms with E-state index in [-0.39, 0.29) is 24.1 Å². The first-order chi connectivity index (χ1) is 13.5. The molecule has 1 aromatic carbocycles. The van der Waals surface area contributed by atoms with Crippen LogP contribution in [0.15, 0.2) is 53.1 Å². The summed E-state index contributed by atoms with van der Waals surface area (Å²) in [5.41, 5.74) is 1.59. The van der Waals surface area contributed by atoms with E-state index in [0.717, 1.165) is 12.2 Å². The molecule has 2 aromatic heterocycles. The van der Waals surface area contributed by atoms with Gasteiger partial charge in [0.2, 0.25) is 0 Å². The topological polar surface area (TPSA) is 77.6 Å². The highest BCUT2D eigenvalue weighted by atomic mass is 16.5. The summed E-state index contributed by atoms with van der Waals surface area (Å²) in [6, 6.07) is 12.2. The van der Waals surface area contributed by atoms with E-state index >= 15 is 0 Å². The zero-order chi connectivity index (χ0) is 20.1. The largest absolute Gasteiger partial charge is 0.486 e. The standard InChI is InChI=1S/C21H23N3O4/c1-4-24-17(11-12-22-24)13-23(3)21(26)20-10-9-19(28-20)14-27-18-7-5-16(6-8-18)15(2)25/h5-12H,4,13-14H2,1-3H3. The number of rotatable bonds is 8. The zero-order valence-electron chi connectivity index (χ0n) is 16.2. The molecule has 7 nitrogen and oxygen atoms in total. The molecule has 0 spiro atoms. The lowest BCUT2D eigenvalue weighted by atomic mass is 10.1. The Morgan fingerprint density at radius 3 is 2.57 bits per heavy atom. The molecule has 0 saturated carbocycles. The van der Waals surface area contributed by atoms with E-state index < -0.39 is 0 Å². The van der Waals surface area contributed by atoms with Crippen molar-refractivity contribution in [2.45, 2.75) is 33.5 Å². The number of Topliss-reactive ketones (excluding diaryl/α,β-unsaturated/α-hetero) is 1. The number of amides is 1. The molecule has 0 saturated heterocycles. The van der Waals surface area contributed by atoms with Crippen LogP contribution in [0, 0.1) is 0 Å². The molecule has 0 N–H and O–H groups in total. The number of hydrogen-bond acceptors (Lipinski definition) is 5. The molecule has 2 heterocycles. The van der Waals surface area contributed by atoms with E-state index in [1.54, 1.807) is 54.5 Å². The molecule has 7 heteroatoms. The van der Waals surface area contributed by atoms with E-state index in [2.05, 4.69) is 5.10 Å². The van der Waals surface area contributed by atoms with E-state index in [1.807, 2.05) is 17.7 Å². The van der Waals surface area contributed by atoms with Crippen LogP contribution in [0.5, 0.6) is 5.75 Å². The summed E-state index contributed by atoms with van der Waals surface area (Å²) in [6.07, 6.45) is 1.72. The predicted molar refractivity (Wildman–Crippen MR) is 103 cm³/mol. The normalized spacial score (nSPS) is 10.7. The highest BCUT2D eigenvalue weighted by Crippen LogP contribution is 2.17. The lowest BCUT2D eigenvalue weighted by Crippen LogP contribution is -2.27. The smallest absolute Gasteiger partial charge is 0.289 e. The summed E-state index contributed by atoms with van der Waals surface area (Å²) < 4.78 is 13.1. The first-order valence-corrected chi connectivity index (χ1v) is 9.06. The number of furan rings is 1. The van der Waals surface area contributed by atoms with E-state index in [0.29, 0.717) is 23.6 Å². The van der Waals surface area contributed by atoms with Crippen molar-refractivity contribution in [1.29, 1.82) is 0 Å². The number of carbonyl (C=O) groups excluding carboxylic acids is 2. The van der Waals surface area contributed by atoms with Gasteiger partial charge in [0.05, 0.1) is 12.2 Å². The highest BCUT2D eigenvalue weighted by Gasteiger charge is 2.18. The third-order valence-corrected chi connectivity index (χ3v) is 4.36. The van der Waals surface area contributed by atoms with Crippen molar-refractivity contribution in [2.24, 2.45) is 0 Å². The molecule has 0 aliphatic heterocycles. The fourth-order valence-electron chi connectivity index (χ4n) is 2.79. The van der Waals surface area contributed by atoms with Crippen LogP contribution < -0.4 is 4.74 Å². The van der Waals surface area contributed by atoms with Gasteiger partial charge in [0.25, 0.3) is 5.91 Å². The lowest BCUT2D eigenvalue weighted by molar-refractivity contribution is 0.0745. The van der Waals surface area contributed by atoms with Crippen LogP contribution in [-0.2, 0) is 19.7 Å². The van der Waals surface area contributed by atoms with Gasteiger partial charge in [-0.3, -0.25) is 14.3 Å². The summed E-state index contributed by atoms with van der Waals surface area (Å²) >= 11 is 0. The van der Waals surface area contributed by atoms with Crippen LogP contribution >= 0.6 is 0 Å². The van der Waals surface area contributed by atoms with E-state index in [9.17, 15) is 9.59 Å². The van der Waals surface area contributed by atoms with Crippen molar-refractivity contribution in [3.63, 3.8) is 0 Å². The molecular weight excluding hydrogens is 358 g/mol. The zero-order valence-corrected chi connectivity index (χ0v) is 16.2. The van der Waals surface area contributed by atoms with Gasteiger partial charge in [0, 0.05) is 25.4 Å². The second-order valence-electron chi connectivity index (χ2n) is 6.43. The molecule has 0 unspecified atom stereocenters. The van der Waals surface area contributed by atoms with Gasteiger partial charge in [0.15, 0.2) is 11.5 Å².